The van der Waals surface area contributed by atoms with Crippen molar-refractivity contribution in [3.8, 4) is 0 Å². The van der Waals surface area contributed by atoms with E-state index >= 15 is 0 Å². The van der Waals surface area contributed by atoms with E-state index in [0.29, 0.717) is 6.54 Å². The van der Waals surface area contributed by atoms with Crippen LogP contribution in [0, 0.1) is 11.3 Å². The number of hydrogen-bond donors (Lipinski definition) is 2. The molecule has 0 radical (unpaired) electrons. The molecule has 0 aromatic carbocycles. The van der Waals surface area contributed by atoms with Gasteiger partial charge in [0.05, 0.1) is 13.2 Å². The van der Waals surface area contributed by atoms with E-state index in [1.165, 1.54) is 19.3 Å². The van der Waals surface area contributed by atoms with E-state index in [2.05, 4.69) is 0 Å². The third-order valence-corrected chi connectivity index (χ3v) is 3.55. The van der Waals surface area contributed by atoms with Crippen LogP contribution in [0.1, 0.15) is 19.3 Å². The standard InChI is InChI=1S/C9H18N2O/c10-4-9(5-12-6-9)8(11)7-2-1-3-7/h7-8H,1-6,10-11H2. The Labute approximate surface area is 73.4 Å². The first-order valence-electron chi connectivity index (χ1n) is 4.82. The van der Waals surface area contributed by atoms with Gasteiger partial charge in [0.15, 0.2) is 0 Å². The fourth-order valence-corrected chi connectivity index (χ4v) is 2.11. The summed E-state index contributed by atoms with van der Waals surface area (Å²) in [5.41, 5.74) is 12.0. The molecule has 0 spiro atoms. The highest BCUT2D eigenvalue weighted by molar-refractivity contribution is 5.00. The Morgan fingerprint density at radius 3 is 2.33 bits per heavy atom. The van der Waals surface area contributed by atoms with Crippen LogP contribution in [-0.2, 0) is 4.74 Å². The van der Waals surface area contributed by atoms with Crippen LogP contribution < -0.4 is 11.5 Å². The summed E-state index contributed by atoms with van der Waals surface area (Å²) in [6.07, 6.45) is 3.94. The minimum absolute atomic E-state index is 0.130. The van der Waals surface area contributed by atoms with Crippen LogP contribution in [0.15, 0.2) is 0 Å². The Hall–Kier alpha value is -0.120. The van der Waals surface area contributed by atoms with Crippen LogP contribution in [0.4, 0.5) is 0 Å². The maximum atomic E-state index is 6.17. The fraction of sp³-hybridized carbons (Fsp3) is 1.00. The number of nitrogens with two attached hydrogens (primary N) is 2. The van der Waals surface area contributed by atoms with Gasteiger partial charge in [-0.05, 0) is 18.8 Å². The van der Waals surface area contributed by atoms with Gasteiger partial charge in [-0.15, -0.1) is 0 Å². The average molecular weight is 170 g/mol. The first kappa shape index (κ1) is 8.48. The SMILES string of the molecule is NCC1(C(N)C2CCC2)COC1. The zero-order valence-electron chi connectivity index (χ0n) is 7.46. The molecule has 2 aliphatic rings. The molecular weight excluding hydrogens is 152 g/mol. The minimum Gasteiger partial charge on any atom is -0.380 e. The smallest absolute Gasteiger partial charge is 0.0572 e. The van der Waals surface area contributed by atoms with Crippen molar-refractivity contribution in [2.45, 2.75) is 25.3 Å². The van der Waals surface area contributed by atoms with Crippen molar-refractivity contribution in [2.75, 3.05) is 19.8 Å². The lowest BCUT2D eigenvalue weighted by molar-refractivity contribution is -0.134. The van der Waals surface area contributed by atoms with Crippen molar-refractivity contribution in [3.05, 3.63) is 0 Å². The molecule has 0 bridgehead atoms. The van der Waals surface area contributed by atoms with Crippen LogP contribution in [0.25, 0.3) is 0 Å². The molecule has 1 unspecified atom stereocenters. The van der Waals surface area contributed by atoms with Gasteiger partial charge >= 0.3 is 0 Å². The normalized spacial score (nSPS) is 30.5. The van der Waals surface area contributed by atoms with Gasteiger partial charge in [0.1, 0.15) is 0 Å². The van der Waals surface area contributed by atoms with Crippen molar-refractivity contribution < 1.29 is 4.74 Å². The van der Waals surface area contributed by atoms with Gasteiger partial charge in [-0.1, -0.05) is 6.42 Å². The van der Waals surface area contributed by atoms with E-state index in [0.717, 1.165) is 19.1 Å². The molecule has 0 aromatic heterocycles. The van der Waals surface area contributed by atoms with Gasteiger partial charge in [0.25, 0.3) is 0 Å². The molecule has 1 atom stereocenters. The monoisotopic (exact) mass is 170 g/mol. The predicted octanol–water partition coefficient (Wildman–Crippen LogP) is 0.0891. The quantitative estimate of drug-likeness (QED) is 0.631. The molecule has 1 heterocycles. The molecule has 1 saturated heterocycles. The van der Waals surface area contributed by atoms with E-state index < -0.39 is 0 Å². The highest BCUT2D eigenvalue weighted by Crippen LogP contribution is 2.40. The molecule has 1 aliphatic heterocycles. The van der Waals surface area contributed by atoms with E-state index in [4.69, 9.17) is 16.2 Å². The fourth-order valence-electron chi connectivity index (χ4n) is 2.11. The lowest BCUT2D eigenvalue weighted by Gasteiger charge is -2.49. The van der Waals surface area contributed by atoms with Crippen LogP contribution in [0.5, 0.6) is 0 Å². The second-order valence-electron chi connectivity index (χ2n) is 4.28. The van der Waals surface area contributed by atoms with Gasteiger partial charge in [-0.2, -0.15) is 0 Å². The van der Waals surface area contributed by atoms with Gasteiger partial charge in [0.2, 0.25) is 0 Å². The minimum atomic E-state index is 0.130. The lowest BCUT2D eigenvalue weighted by atomic mass is 9.67. The van der Waals surface area contributed by atoms with Gasteiger partial charge in [-0.25, -0.2) is 0 Å². The molecule has 3 heteroatoms. The Morgan fingerprint density at radius 2 is 2.08 bits per heavy atom. The topological polar surface area (TPSA) is 61.3 Å². The largest absolute Gasteiger partial charge is 0.380 e. The van der Waals surface area contributed by atoms with Crippen molar-refractivity contribution >= 4 is 0 Å². The first-order valence-corrected chi connectivity index (χ1v) is 4.82. The van der Waals surface area contributed by atoms with Gasteiger partial charge in [-0.3, -0.25) is 0 Å². The summed E-state index contributed by atoms with van der Waals surface area (Å²) >= 11 is 0. The Kier molecular flexibility index (Phi) is 2.10. The molecule has 2 rings (SSSR count). The molecule has 70 valence electrons. The summed E-state index contributed by atoms with van der Waals surface area (Å²) in [6, 6.07) is 0.282. The zero-order valence-corrected chi connectivity index (χ0v) is 7.46. The van der Waals surface area contributed by atoms with Crippen molar-refractivity contribution in [3.63, 3.8) is 0 Å². The van der Waals surface area contributed by atoms with Crippen molar-refractivity contribution in [1.29, 1.82) is 0 Å². The van der Waals surface area contributed by atoms with E-state index in [1.54, 1.807) is 0 Å². The zero-order chi connectivity index (χ0) is 8.60. The van der Waals surface area contributed by atoms with Gasteiger partial charge in [0, 0.05) is 18.0 Å². The molecule has 0 amide bonds. The number of ether oxygens (including phenoxy) is 1. The maximum absolute atomic E-state index is 6.17. The molecule has 4 N–H and O–H groups in total. The average Bonchev–Trinajstić information content (AvgIpc) is 1.81. The highest BCUT2D eigenvalue weighted by atomic mass is 16.5. The maximum Gasteiger partial charge on any atom is 0.0572 e. The van der Waals surface area contributed by atoms with E-state index in [-0.39, 0.29) is 11.5 Å². The summed E-state index contributed by atoms with van der Waals surface area (Å²) in [5, 5.41) is 0. The second kappa shape index (κ2) is 2.98. The second-order valence-corrected chi connectivity index (χ2v) is 4.28. The summed E-state index contributed by atoms with van der Waals surface area (Å²) in [5.74, 6) is 0.720. The van der Waals surface area contributed by atoms with Crippen LogP contribution in [0.3, 0.4) is 0 Å². The molecular formula is C9H18N2O. The van der Waals surface area contributed by atoms with Crippen LogP contribution >= 0.6 is 0 Å². The summed E-state index contributed by atoms with van der Waals surface area (Å²) in [6.45, 7) is 2.24. The van der Waals surface area contributed by atoms with E-state index in [9.17, 15) is 0 Å². The molecule has 3 nitrogen and oxygen atoms in total. The lowest BCUT2D eigenvalue weighted by Crippen LogP contribution is -2.62. The third kappa shape index (κ3) is 1.08. The third-order valence-electron chi connectivity index (χ3n) is 3.55. The Morgan fingerprint density at radius 1 is 1.42 bits per heavy atom. The number of hydrogen-bond acceptors (Lipinski definition) is 3. The summed E-state index contributed by atoms with van der Waals surface area (Å²) < 4.78 is 5.21. The molecule has 1 aliphatic carbocycles. The molecule has 12 heavy (non-hydrogen) atoms. The van der Waals surface area contributed by atoms with Crippen molar-refractivity contribution in [1.82, 2.24) is 0 Å². The number of rotatable bonds is 3. The summed E-state index contributed by atoms with van der Waals surface area (Å²) in [4.78, 5) is 0. The van der Waals surface area contributed by atoms with Crippen molar-refractivity contribution in [2.24, 2.45) is 22.8 Å². The first-order chi connectivity index (χ1) is 5.78. The molecule has 0 aromatic rings. The Bertz CT molecular complexity index is 158. The van der Waals surface area contributed by atoms with E-state index in [1.807, 2.05) is 0 Å². The Balaban J connectivity index is 1.95. The molecule has 1 saturated carbocycles. The van der Waals surface area contributed by atoms with Crippen LogP contribution in [-0.4, -0.2) is 25.8 Å². The van der Waals surface area contributed by atoms with Gasteiger partial charge < -0.3 is 16.2 Å². The highest BCUT2D eigenvalue weighted by Gasteiger charge is 2.46. The molecule has 2 fully saturated rings. The van der Waals surface area contributed by atoms with Crippen LogP contribution in [0.2, 0.25) is 0 Å². The predicted molar refractivity (Wildman–Crippen MR) is 47.6 cm³/mol. The summed E-state index contributed by atoms with van der Waals surface area (Å²) in [7, 11) is 0.